The number of aliphatic hydroxyl groups excluding tert-OH is 1. The Labute approximate surface area is 269 Å². The number of allylic oxidation sites excluding steroid dienone is 1. The monoisotopic (exact) mass is 647 g/mol. The summed E-state index contributed by atoms with van der Waals surface area (Å²) in [7, 11) is 0. The molecular formula is C33H30ClN3O5S2. The van der Waals surface area contributed by atoms with E-state index in [0.29, 0.717) is 45.4 Å². The second kappa shape index (κ2) is 14.6. The molecule has 5 rings (SSSR count). The molecule has 0 saturated carbocycles. The van der Waals surface area contributed by atoms with Gasteiger partial charge < -0.3 is 14.6 Å². The van der Waals surface area contributed by atoms with Crippen molar-refractivity contribution in [1.29, 1.82) is 0 Å². The summed E-state index contributed by atoms with van der Waals surface area (Å²) in [4.78, 5) is 28.6. The molecule has 1 aliphatic heterocycles. The van der Waals surface area contributed by atoms with Crippen LogP contribution < -0.4 is 14.4 Å². The highest BCUT2D eigenvalue weighted by atomic mass is 35.5. The number of anilines is 1. The predicted octanol–water partition coefficient (Wildman–Crippen LogP) is 7.85. The number of rotatable bonds is 13. The van der Waals surface area contributed by atoms with Crippen LogP contribution in [0.3, 0.4) is 0 Å². The molecule has 2 heterocycles. The first-order valence-corrected chi connectivity index (χ1v) is 16.2. The Morgan fingerprint density at radius 2 is 1.82 bits per heavy atom. The second-order valence-electron chi connectivity index (χ2n) is 9.70. The molecule has 3 aromatic carbocycles. The molecule has 0 saturated heterocycles. The van der Waals surface area contributed by atoms with Gasteiger partial charge in [-0.15, -0.1) is 10.2 Å². The van der Waals surface area contributed by atoms with Gasteiger partial charge in [-0.2, -0.15) is 0 Å². The number of benzene rings is 3. The standard InChI is InChI=1S/C33H30ClN3O5S2/c1-3-18-42-26-17-13-23(19-27(26)41-4-2)29-28(25(38)16-12-21-8-6-5-7-9-21)30(39)31(40)37(29)32-35-36-33(44-32)43-20-22-10-14-24(34)15-11-22/h5-17,19,29,39H,3-4,18,20H2,1-2H3. The highest BCUT2D eigenvalue weighted by molar-refractivity contribution is 8.00. The Bertz CT molecular complexity index is 1690. The molecule has 0 aliphatic carbocycles. The summed E-state index contributed by atoms with van der Waals surface area (Å²) in [5, 5.41) is 20.6. The maximum absolute atomic E-state index is 13.7. The Balaban J connectivity index is 1.51. The van der Waals surface area contributed by atoms with Crippen molar-refractivity contribution in [3.63, 3.8) is 0 Å². The molecule has 1 N–H and O–H groups in total. The van der Waals surface area contributed by atoms with Crippen LogP contribution in [-0.4, -0.2) is 40.2 Å². The van der Waals surface area contributed by atoms with E-state index in [1.807, 2.05) is 68.4 Å². The molecule has 11 heteroatoms. The molecule has 1 aromatic heterocycles. The number of carbonyl (C=O) groups excluding carboxylic acids is 2. The molecule has 8 nitrogen and oxygen atoms in total. The number of thioether (sulfide) groups is 1. The molecule has 1 unspecified atom stereocenters. The second-order valence-corrected chi connectivity index (χ2v) is 12.3. The van der Waals surface area contributed by atoms with Gasteiger partial charge in [0.2, 0.25) is 5.13 Å². The van der Waals surface area contributed by atoms with Crippen molar-refractivity contribution >= 4 is 57.6 Å². The zero-order valence-electron chi connectivity index (χ0n) is 24.1. The van der Waals surface area contributed by atoms with E-state index >= 15 is 0 Å². The third kappa shape index (κ3) is 7.15. The molecule has 1 aliphatic rings. The van der Waals surface area contributed by atoms with Crippen molar-refractivity contribution in [1.82, 2.24) is 10.2 Å². The van der Waals surface area contributed by atoms with E-state index in [9.17, 15) is 14.7 Å². The lowest BCUT2D eigenvalue weighted by atomic mass is 9.95. The van der Waals surface area contributed by atoms with Gasteiger partial charge in [0.05, 0.1) is 24.8 Å². The molecule has 4 aromatic rings. The van der Waals surface area contributed by atoms with Crippen molar-refractivity contribution in [3.05, 3.63) is 112 Å². The first-order chi connectivity index (χ1) is 21.4. The van der Waals surface area contributed by atoms with E-state index in [0.717, 1.165) is 17.5 Å². The zero-order valence-corrected chi connectivity index (χ0v) is 26.5. The number of hydrogen-bond donors (Lipinski definition) is 1. The first kappa shape index (κ1) is 31.3. The SMILES string of the molecule is CCCOc1ccc(C2C(C(=O)C=Cc3ccccc3)=C(O)C(=O)N2c2nnc(SCc3ccc(Cl)cc3)s2)cc1OCC. The van der Waals surface area contributed by atoms with Crippen LogP contribution in [0.5, 0.6) is 11.5 Å². The van der Waals surface area contributed by atoms with E-state index in [-0.39, 0.29) is 10.7 Å². The van der Waals surface area contributed by atoms with Crippen molar-refractivity contribution in [2.45, 2.75) is 36.4 Å². The van der Waals surface area contributed by atoms with Gasteiger partial charge >= 0.3 is 0 Å². The summed E-state index contributed by atoms with van der Waals surface area (Å²) in [6, 6.07) is 21.1. The zero-order chi connectivity index (χ0) is 31.1. The largest absolute Gasteiger partial charge is 0.503 e. The topological polar surface area (TPSA) is 102 Å². The fraction of sp³-hybridized carbons (Fsp3) is 0.212. The van der Waals surface area contributed by atoms with Crippen LogP contribution >= 0.6 is 34.7 Å². The number of nitrogens with zero attached hydrogens (tertiary/aromatic N) is 3. The molecule has 0 bridgehead atoms. The van der Waals surface area contributed by atoms with Crippen molar-refractivity contribution < 1.29 is 24.2 Å². The molecule has 0 spiro atoms. The first-order valence-electron chi connectivity index (χ1n) is 14.0. The van der Waals surface area contributed by atoms with Crippen molar-refractivity contribution in [3.8, 4) is 11.5 Å². The Morgan fingerprint density at radius 3 is 2.55 bits per heavy atom. The fourth-order valence-electron chi connectivity index (χ4n) is 4.57. The number of carbonyl (C=O) groups is 2. The number of hydrogen-bond acceptors (Lipinski definition) is 9. The summed E-state index contributed by atoms with van der Waals surface area (Å²) in [6.07, 6.45) is 3.83. The lowest BCUT2D eigenvalue weighted by molar-refractivity contribution is -0.117. The van der Waals surface area contributed by atoms with Gasteiger partial charge in [-0.1, -0.05) is 96.2 Å². The minimum Gasteiger partial charge on any atom is -0.503 e. The van der Waals surface area contributed by atoms with Crippen LogP contribution in [0.15, 0.2) is 94.5 Å². The van der Waals surface area contributed by atoms with Crippen LogP contribution in [0.1, 0.15) is 43.0 Å². The summed E-state index contributed by atoms with van der Waals surface area (Å²) in [6.45, 7) is 4.76. The third-order valence-electron chi connectivity index (χ3n) is 6.62. The van der Waals surface area contributed by atoms with Crippen LogP contribution in [0.4, 0.5) is 5.13 Å². The summed E-state index contributed by atoms with van der Waals surface area (Å²) in [5.74, 6) is -0.222. The van der Waals surface area contributed by atoms with Crippen molar-refractivity contribution in [2.24, 2.45) is 0 Å². The molecule has 0 fully saturated rings. The van der Waals surface area contributed by atoms with Gasteiger partial charge in [-0.25, -0.2) is 0 Å². The number of halogens is 1. The van der Waals surface area contributed by atoms with E-state index in [4.69, 9.17) is 21.1 Å². The van der Waals surface area contributed by atoms with E-state index in [2.05, 4.69) is 10.2 Å². The molecular weight excluding hydrogens is 618 g/mol. The Hall–Kier alpha value is -4.12. The van der Waals surface area contributed by atoms with Crippen molar-refractivity contribution in [2.75, 3.05) is 18.1 Å². The van der Waals surface area contributed by atoms with E-state index < -0.39 is 23.5 Å². The van der Waals surface area contributed by atoms with Gasteiger partial charge in [0, 0.05) is 10.8 Å². The third-order valence-corrected chi connectivity index (χ3v) is 9.00. The maximum atomic E-state index is 13.7. The smallest absolute Gasteiger partial charge is 0.296 e. The van der Waals surface area contributed by atoms with Gasteiger partial charge in [-0.05, 0) is 60.4 Å². The average Bonchev–Trinajstić information content (AvgIpc) is 3.61. The summed E-state index contributed by atoms with van der Waals surface area (Å²) in [5.41, 5.74) is 2.35. The maximum Gasteiger partial charge on any atom is 0.296 e. The molecule has 1 amide bonds. The highest BCUT2D eigenvalue weighted by Gasteiger charge is 2.45. The average molecular weight is 648 g/mol. The van der Waals surface area contributed by atoms with E-state index in [1.165, 1.54) is 34.1 Å². The Morgan fingerprint density at radius 1 is 1.05 bits per heavy atom. The van der Waals surface area contributed by atoms with Gasteiger partial charge in [0.1, 0.15) is 0 Å². The normalized spacial score (nSPS) is 14.9. The van der Waals surface area contributed by atoms with Crippen LogP contribution in [0.2, 0.25) is 5.02 Å². The van der Waals surface area contributed by atoms with E-state index in [1.54, 1.807) is 24.3 Å². The fourth-order valence-corrected chi connectivity index (χ4v) is 6.52. The lowest BCUT2D eigenvalue weighted by Crippen LogP contribution is -2.31. The summed E-state index contributed by atoms with van der Waals surface area (Å²) < 4.78 is 12.4. The number of aliphatic hydroxyl groups is 1. The molecule has 44 heavy (non-hydrogen) atoms. The number of ketones is 1. The number of ether oxygens (including phenoxy) is 2. The number of amides is 1. The summed E-state index contributed by atoms with van der Waals surface area (Å²) >= 11 is 8.67. The molecule has 1 atom stereocenters. The quantitative estimate of drug-likeness (QED) is 0.0889. The highest BCUT2D eigenvalue weighted by Crippen LogP contribution is 2.45. The minimum atomic E-state index is -0.975. The van der Waals surface area contributed by atoms with Gasteiger partial charge in [0.15, 0.2) is 27.4 Å². The predicted molar refractivity (Wildman–Crippen MR) is 175 cm³/mol. The van der Waals surface area contributed by atoms with Crippen LogP contribution in [-0.2, 0) is 15.3 Å². The Kier molecular flexibility index (Phi) is 10.4. The van der Waals surface area contributed by atoms with Gasteiger partial charge in [0.25, 0.3) is 5.91 Å². The van der Waals surface area contributed by atoms with Gasteiger partial charge in [-0.3, -0.25) is 14.5 Å². The minimum absolute atomic E-state index is 0.0579. The number of aromatic nitrogens is 2. The molecule has 226 valence electrons. The van der Waals surface area contributed by atoms with Crippen LogP contribution in [0.25, 0.3) is 6.08 Å². The molecule has 0 radical (unpaired) electrons. The van der Waals surface area contributed by atoms with Crippen LogP contribution in [0, 0.1) is 0 Å². The lowest BCUT2D eigenvalue weighted by Gasteiger charge is -2.24.